The van der Waals surface area contributed by atoms with E-state index in [0.717, 1.165) is 36.8 Å². The molecule has 1 heterocycles. The Bertz CT molecular complexity index is 733. The molecule has 0 bridgehead atoms. The average molecular weight is 386 g/mol. The van der Waals surface area contributed by atoms with E-state index in [2.05, 4.69) is 5.32 Å². The largest absolute Gasteiger partial charge is 0.354 e. The zero-order valence-electron chi connectivity index (χ0n) is 16.9. The maximum absolute atomic E-state index is 12.9. The molecule has 2 aliphatic rings. The second-order valence-electron chi connectivity index (χ2n) is 7.95. The molecule has 3 amide bonds. The lowest BCUT2D eigenvalue weighted by Crippen LogP contribution is -2.46. The van der Waals surface area contributed by atoms with Gasteiger partial charge in [-0.25, -0.2) is 0 Å². The molecule has 152 valence electrons. The molecule has 3 rings (SSSR count). The van der Waals surface area contributed by atoms with Crippen LogP contribution in [0.3, 0.4) is 0 Å². The summed E-state index contributed by atoms with van der Waals surface area (Å²) in [5, 5.41) is 3.00. The first-order chi connectivity index (χ1) is 13.5. The fourth-order valence-corrected chi connectivity index (χ4v) is 4.50. The van der Waals surface area contributed by atoms with Crippen molar-refractivity contribution in [1.29, 1.82) is 0 Å². The highest BCUT2D eigenvalue weighted by atomic mass is 16.2. The number of hydrogen-bond acceptors (Lipinski definition) is 3. The Kier molecular flexibility index (Phi) is 6.70. The Hall–Kier alpha value is -2.37. The molecule has 1 aliphatic carbocycles. The van der Waals surface area contributed by atoms with Crippen molar-refractivity contribution in [3.05, 3.63) is 35.4 Å². The van der Waals surface area contributed by atoms with E-state index in [-0.39, 0.29) is 29.7 Å². The molecule has 1 aliphatic heterocycles. The van der Waals surface area contributed by atoms with Crippen LogP contribution in [0.15, 0.2) is 24.3 Å². The number of nitrogens with zero attached hydrogens (tertiary/aromatic N) is 2. The van der Waals surface area contributed by atoms with Crippen LogP contribution >= 0.6 is 0 Å². The van der Waals surface area contributed by atoms with Crippen molar-refractivity contribution in [1.82, 2.24) is 15.1 Å². The number of nitrogens with one attached hydrogen (secondary N) is 1. The molecule has 1 N–H and O–H groups in total. The highest BCUT2D eigenvalue weighted by Crippen LogP contribution is 2.30. The third-order valence-electron chi connectivity index (χ3n) is 6.08. The van der Waals surface area contributed by atoms with Crippen LogP contribution in [0.1, 0.15) is 43.7 Å². The normalized spacial score (nSPS) is 23.6. The first-order valence-electron chi connectivity index (χ1n) is 10.3. The lowest BCUT2D eigenvalue weighted by atomic mass is 10.0. The smallest absolute Gasteiger partial charge is 0.227 e. The number of benzene rings is 1. The van der Waals surface area contributed by atoms with Crippen molar-refractivity contribution in [2.24, 2.45) is 5.92 Å². The van der Waals surface area contributed by atoms with Gasteiger partial charge in [-0.15, -0.1) is 0 Å². The summed E-state index contributed by atoms with van der Waals surface area (Å²) >= 11 is 0. The molecule has 1 aromatic rings. The van der Waals surface area contributed by atoms with Gasteiger partial charge in [-0.05, 0) is 37.3 Å². The first kappa shape index (κ1) is 20.4. The van der Waals surface area contributed by atoms with Crippen LogP contribution in [0.2, 0.25) is 0 Å². The number of fused-ring (bicyclic) bond motifs is 1. The first-order valence-corrected chi connectivity index (χ1v) is 10.3. The van der Waals surface area contributed by atoms with Crippen LogP contribution in [-0.4, -0.2) is 59.7 Å². The minimum atomic E-state index is -0.127. The third kappa shape index (κ3) is 4.72. The Balaban J connectivity index is 1.70. The van der Waals surface area contributed by atoms with Crippen LogP contribution in [0.4, 0.5) is 0 Å². The highest BCUT2D eigenvalue weighted by molar-refractivity contribution is 5.82. The molecule has 2 atom stereocenters. The molecule has 6 heteroatoms. The summed E-state index contributed by atoms with van der Waals surface area (Å²) in [5.41, 5.74) is 2.14. The molecule has 0 spiro atoms. The number of carbonyl (C=O) groups is 3. The van der Waals surface area contributed by atoms with Gasteiger partial charge in [0.1, 0.15) is 0 Å². The molecule has 2 fully saturated rings. The fourth-order valence-electron chi connectivity index (χ4n) is 4.50. The Morgan fingerprint density at radius 2 is 1.89 bits per heavy atom. The van der Waals surface area contributed by atoms with Gasteiger partial charge in [0.25, 0.3) is 0 Å². The van der Waals surface area contributed by atoms with Gasteiger partial charge < -0.3 is 15.1 Å². The van der Waals surface area contributed by atoms with E-state index in [0.29, 0.717) is 32.6 Å². The lowest BCUT2D eigenvalue weighted by Gasteiger charge is -2.32. The lowest BCUT2D eigenvalue weighted by molar-refractivity contribution is -0.134. The van der Waals surface area contributed by atoms with Gasteiger partial charge >= 0.3 is 0 Å². The predicted octanol–water partition coefficient (Wildman–Crippen LogP) is 1.90. The van der Waals surface area contributed by atoms with Crippen molar-refractivity contribution >= 4 is 17.7 Å². The van der Waals surface area contributed by atoms with Crippen molar-refractivity contribution in [2.75, 3.05) is 26.2 Å². The molecule has 1 aromatic carbocycles. The molecule has 6 nitrogen and oxygen atoms in total. The maximum Gasteiger partial charge on any atom is 0.227 e. The Labute approximate surface area is 167 Å². The quantitative estimate of drug-likeness (QED) is 0.845. The van der Waals surface area contributed by atoms with Gasteiger partial charge in [0.15, 0.2) is 0 Å². The monoisotopic (exact) mass is 385 g/mol. The minimum Gasteiger partial charge on any atom is -0.354 e. The zero-order chi connectivity index (χ0) is 20.1. The van der Waals surface area contributed by atoms with Gasteiger partial charge in [0.05, 0.1) is 12.3 Å². The van der Waals surface area contributed by atoms with E-state index >= 15 is 0 Å². The SMILES string of the molecule is CC(=O)N1CCCN(C(=O)Cc2ccccc2C)CCNC(=O)[C@@H]2CCC[C@@H]21. The molecule has 1 saturated carbocycles. The van der Waals surface area contributed by atoms with Crippen LogP contribution in [0, 0.1) is 12.8 Å². The summed E-state index contributed by atoms with van der Waals surface area (Å²) in [4.78, 5) is 41.4. The summed E-state index contributed by atoms with van der Waals surface area (Å²) in [5.74, 6) is -0.0285. The van der Waals surface area contributed by atoms with Gasteiger partial charge in [-0.2, -0.15) is 0 Å². The van der Waals surface area contributed by atoms with Crippen molar-refractivity contribution in [3.63, 3.8) is 0 Å². The summed E-state index contributed by atoms with van der Waals surface area (Å²) in [6.07, 6.45) is 3.79. The molecule has 28 heavy (non-hydrogen) atoms. The average Bonchev–Trinajstić information content (AvgIpc) is 3.13. The second kappa shape index (κ2) is 9.22. The molecule has 1 saturated heterocycles. The standard InChI is InChI=1S/C22H31N3O3/c1-16-7-3-4-8-18(16)15-21(27)24-12-6-13-25(17(2)26)20-10-5-9-19(20)22(28)23-11-14-24/h3-4,7-8,19-20H,5-6,9-15H2,1-2H3,(H,23,28)/t19-,20+/m1/s1. The third-order valence-corrected chi connectivity index (χ3v) is 6.08. The molecule has 0 radical (unpaired) electrons. The molecule has 0 aromatic heterocycles. The number of aryl methyl sites for hydroxylation is 1. The number of carbonyl (C=O) groups excluding carboxylic acids is 3. The van der Waals surface area contributed by atoms with Gasteiger partial charge in [0.2, 0.25) is 17.7 Å². The predicted molar refractivity (Wildman–Crippen MR) is 108 cm³/mol. The summed E-state index contributed by atoms with van der Waals surface area (Å²) in [6.45, 7) is 5.75. The molecular weight excluding hydrogens is 354 g/mol. The van der Waals surface area contributed by atoms with Crippen LogP contribution in [0.25, 0.3) is 0 Å². The van der Waals surface area contributed by atoms with E-state index in [4.69, 9.17) is 0 Å². The molecule has 0 unspecified atom stereocenters. The number of amides is 3. The van der Waals surface area contributed by atoms with Crippen molar-refractivity contribution < 1.29 is 14.4 Å². The number of hydrogen-bond donors (Lipinski definition) is 1. The van der Waals surface area contributed by atoms with E-state index in [1.54, 1.807) is 6.92 Å². The van der Waals surface area contributed by atoms with Gasteiger partial charge in [-0.3, -0.25) is 14.4 Å². The maximum atomic E-state index is 12.9. The molecular formula is C22H31N3O3. The van der Waals surface area contributed by atoms with E-state index in [9.17, 15) is 14.4 Å². The second-order valence-corrected chi connectivity index (χ2v) is 7.95. The van der Waals surface area contributed by atoms with Crippen molar-refractivity contribution in [3.8, 4) is 0 Å². The summed E-state index contributed by atoms with van der Waals surface area (Å²) in [6, 6.07) is 7.91. The minimum absolute atomic E-state index is 0.00767. The summed E-state index contributed by atoms with van der Waals surface area (Å²) in [7, 11) is 0. The van der Waals surface area contributed by atoms with E-state index in [1.165, 1.54) is 0 Å². The fraction of sp³-hybridized carbons (Fsp3) is 0.591. The van der Waals surface area contributed by atoms with E-state index in [1.807, 2.05) is 41.0 Å². The van der Waals surface area contributed by atoms with Crippen LogP contribution in [-0.2, 0) is 20.8 Å². The van der Waals surface area contributed by atoms with Crippen molar-refractivity contribution in [2.45, 2.75) is 52.0 Å². The Morgan fingerprint density at radius 1 is 1.11 bits per heavy atom. The van der Waals surface area contributed by atoms with Crippen LogP contribution < -0.4 is 5.32 Å². The van der Waals surface area contributed by atoms with Gasteiger partial charge in [0, 0.05) is 39.1 Å². The highest BCUT2D eigenvalue weighted by Gasteiger charge is 2.38. The van der Waals surface area contributed by atoms with E-state index < -0.39 is 0 Å². The Morgan fingerprint density at radius 3 is 2.64 bits per heavy atom. The number of rotatable bonds is 2. The van der Waals surface area contributed by atoms with Gasteiger partial charge in [-0.1, -0.05) is 30.7 Å². The topological polar surface area (TPSA) is 69.7 Å². The van der Waals surface area contributed by atoms with Crippen LogP contribution in [0.5, 0.6) is 0 Å². The summed E-state index contributed by atoms with van der Waals surface area (Å²) < 4.78 is 0. The zero-order valence-corrected chi connectivity index (χ0v) is 16.9.